The highest BCUT2D eigenvalue weighted by Crippen LogP contribution is 2.35. The summed E-state index contributed by atoms with van der Waals surface area (Å²) in [5, 5.41) is 3.73. The van der Waals surface area contributed by atoms with Gasteiger partial charge in [-0.05, 0) is 37.8 Å². The minimum atomic E-state index is -4.52. The monoisotopic (exact) mass is 433 g/mol. The third-order valence-corrected chi connectivity index (χ3v) is 6.27. The first-order valence-electron chi connectivity index (χ1n) is 9.05. The maximum absolute atomic E-state index is 13.2. The van der Waals surface area contributed by atoms with Gasteiger partial charge in [-0.2, -0.15) is 18.3 Å². The van der Waals surface area contributed by atoms with Crippen LogP contribution in [-0.4, -0.2) is 39.0 Å². The van der Waals surface area contributed by atoms with Gasteiger partial charge in [0.05, 0.1) is 25.7 Å². The molecule has 1 aromatic heterocycles. The number of alkyl halides is 3. The number of methoxy groups -OCH3 is 2. The lowest BCUT2D eigenvalue weighted by Gasteiger charge is -2.15. The molecule has 0 radical (unpaired) electrons. The van der Waals surface area contributed by atoms with E-state index >= 15 is 0 Å². The maximum Gasteiger partial charge on any atom is 0.435 e. The molecule has 1 N–H and O–H groups in total. The van der Waals surface area contributed by atoms with Crippen LogP contribution in [0.4, 0.5) is 13.2 Å². The Kier molecular flexibility index (Phi) is 6.08. The van der Waals surface area contributed by atoms with Gasteiger partial charge in [0.1, 0.15) is 0 Å². The quantitative estimate of drug-likeness (QED) is 0.726. The fraction of sp³-hybridized carbons (Fsp3) is 0.500. The van der Waals surface area contributed by atoms with Gasteiger partial charge in [0.25, 0.3) is 0 Å². The van der Waals surface area contributed by atoms with E-state index < -0.39 is 21.9 Å². The maximum atomic E-state index is 13.2. The second-order valence-corrected chi connectivity index (χ2v) is 8.38. The molecule has 2 aromatic rings. The number of hydrogen-bond donors (Lipinski definition) is 1. The third-order valence-electron chi connectivity index (χ3n) is 4.81. The minimum absolute atomic E-state index is 0.00489. The van der Waals surface area contributed by atoms with Crippen LogP contribution in [0.3, 0.4) is 0 Å². The van der Waals surface area contributed by atoms with Gasteiger partial charge in [0.15, 0.2) is 17.2 Å². The number of aromatic nitrogens is 2. The van der Waals surface area contributed by atoms with Crippen LogP contribution in [0.1, 0.15) is 29.8 Å². The first kappa shape index (κ1) is 21.4. The number of halogens is 3. The van der Waals surface area contributed by atoms with Gasteiger partial charge >= 0.3 is 6.18 Å². The highest BCUT2D eigenvalue weighted by Gasteiger charge is 2.39. The number of nitrogens with zero attached hydrogens (tertiary/aromatic N) is 2. The molecule has 29 heavy (non-hydrogen) atoms. The lowest BCUT2D eigenvalue weighted by molar-refractivity contribution is -0.142. The highest BCUT2D eigenvalue weighted by atomic mass is 32.2. The van der Waals surface area contributed by atoms with Gasteiger partial charge in [-0.3, -0.25) is 4.68 Å². The van der Waals surface area contributed by atoms with Gasteiger partial charge in [-0.1, -0.05) is 0 Å². The van der Waals surface area contributed by atoms with E-state index in [0.717, 1.165) is 6.42 Å². The van der Waals surface area contributed by atoms with E-state index in [2.05, 4.69) is 9.82 Å². The third kappa shape index (κ3) is 4.50. The molecule has 1 heterocycles. The molecule has 0 amide bonds. The van der Waals surface area contributed by atoms with Crippen LogP contribution in [0.25, 0.3) is 0 Å². The average Bonchev–Trinajstić information content (AvgIpc) is 3.06. The van der Waals surface area contributed by atoms with Crippen molar-refractivity contribution in [1.29, 1.82) is 0 Å². The van der Waals surface area contributed by atoms with Gasteiger partial charge in [-0.25, -0.2) is 13.1 Å². The van der Waals surface area contributed by atoms with Crippen LogP contribution >= 0.6 is 0 Å². The van der Waals surface area contributed by atoms with Crippen molar-refractivity contribution in [3.63, 3.8) is 0 Å². The van der Waals surface area contributed by atoms with Crippen LogP contribution < -0.4 is 14.2 Å². The molecule has 0 atom stereocenters. The van der Waals surface area contributed by atoms with Gasteiger partial charge in [-0.15, -0.1) is 0 Å². The van der Waals surface area contributed by atoms with E-state index in [-0.39, 0.29) is 29.3 Å². The standard InChI is InChI=1S/C18H22F3N3O4S/c1-27-15-8-7-12(11-16(15)28-2)29(25,26)22-9-10-24-14-6-4-3-5-13(14)17(23-24)18(19,20)21/h7-8,11,22H,3-6,9-10H2,1-2H3. The summed E-state index contributed by atoms with van der Waals surface area (Å²) in [6.45, 7) is -0.0902. The van der Waals surface area contributed by atoms with Crippen molar-refractivity contribution in [3.05, 3.63) is 35.2 Å². The predicted molar refractivity (Wildman–Crippen MR) is 98.6 cm³/mol. The summed E-state index contributed by atoms with van der Waals surface area (Å²) in [6, 6.07) is 4.15. The van der Waals surface area contributed by atoms with Gasteiger partial charge in [0, 0.05) is 23.9 Å². The molecule has 0 saturated carbocycles. The zero-order valence-corrected chi connectivity index (χ0v) is 16.9. The van der Waals surface area contributed by atoms with E-state index in [4.69, 9.17) is 9.47 Å². The van der Waals surface area contributed by atoms with E-state index in [1.807, 2.05) is 0 Å². The summed E-state index contributed by atoms with van der Waals surface area (Å²) >= 11 is 0. The molecular weight excluding hydrogens is 411 g/mol. The number of rotatable bonds is 7. The number of ether oxygens (including phenoxy) is 2. The molecule has 1 aromatic carbocycles. The second-order valence-electron chi connectivity index (χ2n) is 6.62. The molecule has 0 unspecified atom stereocenters. The van der Waals surface area contributed by atoms with E-state index in [1.165, 1.54) is 37.1 Å². The molecule has 0 saturated heterocycles. The molecule has 3 rings (SSSR count). The molecule has 0 spiro atoms. The van der Waals surface area contributed by atoms with Crippen molar-refractivity contribution in [2.24, 2.45) is 0 Å². The number of fused-ring (bicyclic) bond motifs is 1. The van der Waals surface area contributed by atoms with Crippen molar-refractivity contribution < 1.29 is 31.1 Å². The van der Waals surface area contributed by atoms with Crippen LogP contribution in [0.5, 0.6) is 11.5 Å². The Hall–Kier alpha value is -2.27. The Morgan fingerprint density at radius 1 is 1.14 bits per heavy atom. The molecule has 0 bridgehead atoms. The molecule has 1 aliphatic carbocycles. The van der Waals surface area contributed by atoms with Crippen molar-refractivity contribution in [3.8, 4) is 11.5 Å². The van der Waals surface area contributed by atoms with Crippen molar-refractivity contribution >= 4 is 10.0 Å². The molecule has 160 valence electrons. The first-order chi connectivity index (χ1) is 13.7. The van der Waals surface area contributed by atoms with Gasteiger partial charge in [0.2, 0.25) is 10.0 Å². The Labute approximate surface area is 166 Å². The van der Waals surface area contributed by atoms with Crippen LogP contribution in [-0.2, 0) is 35.6 Å². The molecule has 11 heteroatoms. The lowest BCUT2D eigenvalue weighted by Crippen LogP contribution is -2.28. The normalized spacial score (nSPS) is 14.5. The molecule has 7 nitrogen and oxygen atoms in total. The van der Waals surface area contributed by atoms with Gasteiger partial charge < -0.3 is 9.47 Å². The minimum Gasteiger partial charge on any atom is -0.493 e. The average molecular weight is 433 g/mol. The molecule has 0 aliphatic heterocycles. The topological polar surface area (TPSA) is 82.5 Å². The largest absolute Gasteiger partial charge is 0.493 e. The summed E-state index contributed by atoms with van der Waals surface area (Å²) in [5.41, 5.74) is -0.102. The fourth-order valence-electron chi connectivity index (χ4n) is 3.44. The Bertz CT molecular complexity index is 987. The molecular formula is C18H22F3N3O4S. The highest BCUT2D eigenvalue weighted by molar-refractivity contribution is 7.89. The molecule has 1 aliphatic rings. The smallest absolute Gasteiger partial charge is 0.435 e. The van der Waals surface area contributed by atoms with Crippen molar-refractivity contribution in [2.45, 2.75) is 43.3 Å². The van der Waals surface area contributed by atoms with Crippen LogP contribution in [0.2, 0.25) is 0 Å². The lowest BCUT2D eigenvalue weighted by atomic mass is 9.95. The number of hydrogen-bond acceptors (Lipinski definition) is 5. The Morgan fingerprint density at radius 2 is 1.83 bits per heavy atom. The summed E-state index contributed by atoms with van der Waals surface area (Å²) in [5.74, 6) is 0.639. The SMILES string of the molecule is COc1ccc(S(=O)(=O)NCCn2nc(C(F)(F)F)c3c2CCCC3)cc1OC. The first-order valence-corrected chi connectivity index (χ1v) is 10.5. The van der Waals surface area contributed by atoms with E-state index in [0.29, 0.717) is 30.7 Å². The number of benzene rings is 1. The predicted octanol–water partition coefficient (Wildman–Crippen LogP) is 2.78. The summed E-state index contributed by atoms with van der Waals surface area (Å²) in [4.78, 5) is -0.0337. The summed E-state index contributed by atoms with van der Waals surface area (Å²) < 4.78 is 78.6. The number of sulfonamides is 1. The Balaban J connectivity index is 1.75. The van der Waals surface area contributed by atoms with Crippen molar-refractivity contribution in [1.82, 2.24) is 14.5 Å². The zero-order valence-electron chi connectivity index (χ0n) is 16.0. The zero-order chi connectivity index (χ0) is 21.2. The van der Waals surface area contributed by atoms with E-state index in [1.54, 1.807) is 0 Å². The second kappa shape index (κ2) is 8.23. The Morgan fingerprint density at radius 3 is 2.48 bits per heavy atom. The summed E-state index contributed by atoms with van der Waals surface area (Å²) in [7, 11) is -1.06. The van der Waals surface area contributed by atoms with E-state index in [9.17, 15) is 21.6 Å². The number of nitrogens with one attached hydrogen (secondary N) is 1. The molecule has 0 fully saturated rings. The summed E-state index contributed by atoms with van der Waals surface area (Å²) in [6.07, 6.45) is -2.21. The van der Waals surface area contributed by atoms with Crippen LogP contribution in [0.15, 0.2) is 23.1 Å². The van der Waals surface area contributed by atoms with Crippen LogP contribution in [0, 0.1) is 0 Å². The van der Waals surface area contributed by atoms with Crippen molar-refractivity contribution in [2.75, 3.05) is 20.8 Å². The fourth-order valence-corrected chi connectivity index (χ4v) is 4.47.